The SMILES string of the molecule is Cc1ccc(-c2ccnn2-c2ccccc2)cc1N. The van der Waals surface area contributed by atoms with Gasteiger partial charge < -0.3 is 5.73 Å². The first-order valence-electron chi connectivity index (χ1n) is 6.21. The fourth-order valence-electron chi connectivity index (χ4n) is 2.10. The normalized spacial score (nSPS) is 10.6. The number of hydrogen-bond acceptors (Lipinski definition) is 2. The highest BCUT2D eigenvalue weighted by Gasteiger charge is 2.07. The largest absolute Gasteiger partial charge is 0.398 e. The van der Waals surface area contributed by atoms with Gasteiger partial charge >= 0.3 is 0 Å². The summed E-state index contributed by atoms with van der Waals surface area (Å²) in [7, 11) is 0. The van der Waals surface area contributed by atoms with Gasteiger partial charge in [0.25, 0.3) is 0 Å². The van der Waals surface area contributed by atoms with Crippen LogP contribution in [0.2, 0.25) is 0 Å². The van der Waals surface area contributed by atoms with Crippen molar-refractivity contribution in [2.24, 2.45) is 0 Å². The highest BCUT2D eigenvalue weighted by molar-refractivity contribution is 5.67. The lowest BCUT2D eigenvalue weighted by Crippen LogP contribution is -1.99. The number of benzene rings is 2. The molecule has 2 N–H and O–H groups in total. The first kappa shape index (κ1) is 11.5. The second kappa shape index (κ2) is 4.61. The van der Waals surface area contributed by atoms with E-state index in [-0.39, 0.29) is 0 Å². The summed E-state index contributed by atoms with van der Waals surface area (Å²) in [5, 5.41) is 4.39. The van der Waals surface area contributed by atoms with E-state index in [4.69, 9.17) is 5.73 Å². The van der Waals surface area contributed by atoms with E-state index >= 15 is 0 Å². The van der Waals surface area contributed by atoms with Crippen molar-refractivity contribution in [2.45, 2.75) is 6.92 Å². The molecule has 1 heterocycles. The second-order valence-corrected chi connectivity index (χ2v) is 4.54. The van der Waals surface area contributed by atoms with Crippen LogP contribution in [0.5, 0.6) is 0 Å². The lowest BCUT2D eigenvalue weighted by atomic mass is 10.1. The van der Waals surface area contributed by atoms with Gasteiger partial charge in [0.15, 0.2) is 0 Å². The Bertz CT molecular complexity index is 699. The summed E-state index contributed by atoms with van der Waals surface area (Å²) in [6.45, 7) is 2.01. The standard InChI is InChI=1S/C16H15N3/c1-12-7-8-13(11-15(12)17)16-9-10-18-19(16)14-5-3-2-4-6-14/h2-11H,17H2,1H3. The Morgan fingerprint density at radius 2 is 1.79 bits per heavy atom. The Balaban J connectivity index is 2.12. The van der Waals surface area contributed by atoms with E-state index in [1.807, 2.05) is 60.1 Å². The first-order chi connectivity index (χ1) is 9.25. The number of para-hydroxylation sites is 1. The molecule has 0 aliphatic heterocycles. The summed E-state index contributed by atoms with van der Waals surface area (Å²) in [6.07, 6.45) is 1.80. The van der Waals surface area contributed by atoms with E-state index in [0.717, 1.165) is 28.2 Å². The number of rotatable bonds is 2. The molecule has 0 saturated carbocycles. The van der Waals surface area contributed by atoms with E-state index in [1.165, 1.54) is 0 Å². The van der Waals surface area contributed by atoms with E-state index in [2.05, 4.69) is 11.2 Å². The molecule has 1 aromatic heterocycles. The molecule has 19 heavy (non-hydrogen) atoms. The molecule has 0 amide bonds. The number of nitrogens with zero attached hydrogens (tertiary/aromatic N) is 2. The Morgan fingerprint density at radius 1 is 1.00 bits per heavy atom. The lowest BCUT2D eigenvalue weighted by molar-refractivity contribution is 0.888. The zero-order valence-corrected chi connectivity index (χ0v) is 10.7. The number of hydrogen-bond donors (Lipinski definition) is 1. The summed E-state index contributed by atoms with van der Waals surface area (Å²) in [5.41, 5.74) is 11.0. The minimum Gasteiger partial charge on any atom is -0.398 e. The molecule has 0 spiro atoms. The van der Waals surface area contributed by atoms with Crippen molar-refractivity contribution in [1.82, 2.24) is 9.78 Å². The summed E-state index contributed by atoms with van der Waals surface area (Å²) in [6, 6.07) is 18.2. The van der Waals surface area contributed by atoms with Gasteiger partial charge in [-0.25, -0.2) is 4.68 Å². The predicted molar refractivity (Wildman–Crippen MR) is 78.1 cm³/mol. The summed E-state index contributed by atoms with van der Waals surface area (Å²) in [5.74, 6) is 0. The third-order valence-corrected chi connectivity index (χ3v) is 3.22. The third kappa shape index (κ3) is 2.10. The highest BCUT2D eigenvalue weighted by Crippen LogP contribution is 2.25. The van der Waals surface area contributed by atoms with Crippen LogP contribution in [0.4, 0.5) is 5.69 Å². The quantitative estimate of drug-likeness (QED) is 0.707. The van der Waals surface area contributed by atoms with Gasteiger partial charge in [0.05, 0.1) is 17.6 Å². The molecule has 0 radical (unpaired) electrons. The Labute approximate surface area is 112 Å². The van der Waals surface area contributed by atoms with Gasteiger partial charge in [0.1, 0.15) is 0 Å². The molecule has 94 valence electrons. The molecule has 3 nitrogen and oxygen atoms in total. The van der Waals surface area contributed by atoms with Crippen molar-refractivity contribution in [3.63, 3.8) is 0 Å². The van der Waals surface area contributed by atoms with Gasteiger partial charge in [-0.2, -0.15) is 5.10 Å². The number of nitrogens with two attached hydrogens (primary N) is 1. The molecule has 3 heteroatoms. The van der Waals surface area contributed by atoms with Crippen molar-refractivity contribution < 1.29 is 0 Å². The van der Waals surface area contributed by atoms with E-state index < -0.39 is 0 Å². The lowest BCUT2D eigenvalue weighted by Gasteiger charge is -2.09. The van der Waals surface area contributed by atoms with Gasteiger partial charge in [-0.1, -0.05) is 30.3 Å². The number of aryl methyl sites for hydroxylation is 1. The van der Waals surface area contributed by atoms with Crippen LogP contribution in [0.1, 0.15) is 5.56 Å². The molecule has 0 aliphatic carbocycles. The Morgan fingerprint density at radius 3 is 2.53 bits per heavy atom. The van der Waals surface area contributed by atoms with Gasteiger partial charge in [0.2, 0.25) is 0 Å². The number of nitrogen functional groups attached to an aromatic ring is 1. The van der Waals surface area contributed by atoms with Gasteiger partial charge in [-0.3, -0.25) is 0 Å². The molecule has 3 aromatic rings. The Hall–Kier alpha value is -2.55. The van der Waals surface area contributed by atoms with Crippen LogP contribution in [0.3, 0.4) is 0 Å². The fourth-order valence-corrected chi connectivity index (χ4v) is 2.10. The zero-order valence-electron chi connectivity index (χ0n) is 10.7. The molecule has 0 fully saturated rings. The zero-order chi connectivity index (χ0) is 13.2. The van der Waals surface area contributed by atoms with E-state index in [0.29, 0.717) is 0 Å². The topological polar surface area (TPSA) is 43.8 Å². The Kier molecular flexibility index (Phi) is 2.80. The molecule has 0 aliphatic rings. The maximum atomic E-state index is 5.99. The van der Waals surface area contributed by atoms with Crippen LogP contribution in [0, 0.1) is 6.92 Å². The predicted octanol–water partition coefficient (Wildman–Crippen LogP) is 3.43. The minimum absolute atomic E-state index is 0.804. The molecule has 0 unspecified atom stereocenters. The smallest absolute Gasteiger partial charge is 0.0741 e. The molecule has 3 rings (SSSR count). The molecule has 0 bridgehead atoms. The van der Waals surface area contributed by atoms with Crippen molar-refractivity contribution in [3.8, 4) is 16.9 Å². The van der Waals surface area contributed by atoms with Crippen molar-refractivity contribution in [2.75, 3.05) is 5.73 Å². The maximum Gasteiger partial charge on any atom is 0.0741 e. The number of aromatic nitrogens is 2. The van der Waals surface area contributed by atoms with Crippen molar-refractivity contribution in [1.29, 1.82) is 0 Å². The molecule has 0 saturated heterocycles. The van der Waals surface area contributed by atoms with Gasteiger partial charge in [0, 0.05) is 11.3 Å². The summed E-state index contributed by atoms with van der Waals surface area (Å²) < 4.78 is 1.92. The van der Waals surface area contributed by atoms with Crippen LogP contribution < -0.4 is 5.73 Å². The van der Waals surface area contributed by atoms with Crippen LogP contribution in [-0.2, 0) is 0 Å². The molecule has 2 aromatic carbocycles. The van der Waals surface area contributed by atoms with E-state index in [1.54, 1.807) is 6.20 Å². The van der Waals surface area contributed by atoms with Crippen LogP contribution in [-0.4, -0.2) is 9.78 Å². The molecular formula is C16H15N3. The van der Waals surface area contributed by atoms with Gasteiger partial charge in [-0.05, 0) is 36.8 Å². The molecular weight excluding hydrogens is 234 g/mol. The van der Waals surface area contributed by atoms with Crippen molar-refractivity contribution >= 4 is 5.69 Å². The summed E-state index contributed by atoms with van der Waals surface area (Å²) in [4.78, 5) is 0. The summed E-state index contributed by atoms with van der Waals surface area (Å²) >= 11 is 0. The average Bonchev–Trinajstić information content (AvgIpc) is 2.92. The highest BCUT2D eigenvalue weighted by atomic mass is 15.3. The van der Waals surface area contributed by atoms with Crippen molar-refractivity contribution in [3.05, 3.63) is 66.4 Å². The van der Waals surface area contributed by atoms with Crippen LogP contribution >= 0.6 is 0 Å². The van der Waals surface area contributed by atoms with Crippen LogP contribution in [0.25, 0.3) is 16.9 Å². The first-order valence-corrected chi connectivity index (χ1v) is 6.21. The minimum atomic E-state index is 0.804. The molecule has 0 atom stereocenters. The fraction of sp³-hybridized carbons (Fsp3) is 0.0625. The number of anilines is 1. The maximum absolute atomic E-state index is 5.99. The third-order valence-electron chi connectivity index (χ3n) is 3.22. The second-order valence-electron chi connectivity index (χ2n) is 4.54. The van der Waals surface area contributed by atoms with E-state index in [9.17, 15) is 0 Å². The average molecular weight is 249 g/mol. The van der Waals surface area contributed by atoms with Gasteiger partial charge in [-0.15, -0.1) is 0 Å². The van der Waals surface area contributed by atoms with Crippen LogP contribution in [0.15, 0.2) is 60.8 Å². The monoisotopic (exact) mass is 249 g/mol.